The summed E-state index contributed by atoms with van der Waals surface area (Å²) in [6.07, 6.45) is 1.27. The monoisotopic (exact) mass is 496 g/mol. The number of fused-ring (bicyclic) bond motifs is 1. The van der Waals surface area contributed by atoms with Gasteiger partial charge < -0.3 is 4.98 Å². The number of piperidine rings is 1. The van der Waals surface area contributed by atoms with E-state index in [1.807, 2.05) is 26.0 Å². The van der Waals surface area contributed by atoms with Crippen molar-refractivity contribution < 1.29 is 12.8 Å². The van der Waals surface area contributed by atoms with Crippen LogP contribution in [0.25, 0.3) is 11.2 Å². The number of aromatic amines is 1. The normalized spacial score (nSPS) is 17.2. The van der Waals surface area contributed by atoms with Gasteiger partial charge in [0.1, 0.15) is 11.6 Å². The maximum atomic E-state index is 13.3. The lowest BCUT2D eigenvalue weighted by Crippen LogP contribution is -2.39. The second kappa shape index (κ2) is 8.97. The van der Waals surface area contributed by atoms with Gasteiger partial charge in [-0.05, 0) is 62.1 Å². The summed E-state index contributed by atoms with van der Waals surface area (Å²) in [7, 11) is -3.80. The van der Waals surface area contributed by atoms with Gasteiger partial charge in [0.25, 0.3) is 5.56 Å². The van der Waals surface area contributed by atoms with E-state index >= 15 is 0 Å². The highest BCUT2D eigenvalue weighted by Crippen LogP contribution is 2.29. The molecule has 1 atom stereocenters. The molecule has 0 bridgehead atoms. The summed E-state index contributed by atoms with van der Waals surface area (Å²) in [6.45, 7) is 4.94. The molecule has 3 heterocycles. The molecule has 0 saturated carbocycles. The van der Waals surface area contributed by atoms with E-state index in [9.17, 15) is 17.6 Å². The fourth-order valence-electron chi connectivity index (χ4n) is 4.45. The Morgan fingerprint density at radius 3 is 2.69 bits per heavy atom. The maximum absolute atomic E-state index is 13.3. The number of halogens is 1. The Morgan fingerprint density at radius 1 is 1.14 bits per heavy atom. The number of rotatable bonds is 5. The number of nitrogens with one attached hydrogen (secondary N) is 1. The van der Waals surface area contributed by atoms with Crippen molar-refractivity contribution >= 4 is 21.2 Å². The SMILES string of the molecule is Cc1ccc(C)c(Cn2nnc3c(=O)[nH]c([C@@H]4CCCN(S(=O)(=O)c5ccc(F)cc5)C4)nc32)c1. The summed E-state index contributed by atoms with van der Waals surface area (Å²) in [5.74, 6) is -0.396. The first-order valence-electron chi connectivity index (χ1n) is 11.4. The van der Waals surface area contributed by atoms with Crippen LogP contribution in [0.4, 0.5) is 4.39 Å². The first kappa shape index (κ1) is 23.3. The van der Waals surface area contributed by atoms with Gasteiger partial charge in [-0.15, -0.1) is 5.10 Å². The number of aromatic nitrogens is 5. The predicted molar refractivity (Wildman–Crippen MR) is 128 cm³/mol. The topological polar surface area (TPSA) is 114 Å². The van der Waals surface area contributed by atoms with Crippen LogP contribution in [0, 0.1) is 19.7 Å². The van der Waals surface area contributed by atoms with Crippen LogP contribution >= 0.6 is 0 Å². The largest absolute Gasteiger partial charge is 0.308 e. The van der Waals surface area contributed by atoms with E-state index in [2.05, 4.69) is 26.3 Å². The fourth-order valence-corrected chi connectivity index (χ4v) is 5.98. The number of hydrogen-bond donors (Lipinski definition) is 1. The van der Waals surface area contributed by atoms with Gasteiger partial charge in [-0.3, -0.25) is 4.79 Å². The molecule has 0 spiro atoms. The van der Waals surface area contributed by atoms with Crippen LogP contribution in [0.3, 0.4) is 0 Å². The van der Waals surface area contributed by atoms with Crippen LogP contribution in [0.15, 0.2) is 52.2 Å². The minimum absolute atomic E-state index is 0.0345. The number of H-pyrrole nitrogens is 1. The zero-order valence-electron chi connectivity index (χ0n) is 19.4. The van der Waals surface area contributed by atoms with Gasteiger partial charge in [0.15, 0.2) is 11.2 Å². The number of aryl methyl sites for hydroxylation is 2. The number of nitrogens with zero attached hydrogens (tertiary/aromatic N) is 5. The molecule has 9 nitrogen and oxygen atoms in total. The molecule has 1 N–H and O–H groups in total. The Bertz CT molecular complexity index is 1560. The van der Waals surface area contributed by atoms with Crippen molar-refractivity contribution in [3.8, 4) is 0 Å². The summed E-state index contributed by atoms with van der Waals surface area (Å²) in [6, 6.07) is 10.9. The van der Waals surface area contributed by atoms with Crippen molar-refractivity contribution in [2.24, 2.45) is 0 Å². The molecule has 1 aliphatic heterocycles. The summed E-state index contributed by atoms with van der Waals surface area (Å²) in [4.78, 5) is 20.3. The van der Waals surface area contributed by atoms with Crippen LogP contribution in [-0.2, 0) is 16.6 Å². The number of sulfonamides is 1. The van der Waals surface area contributed by atoms with Gasteiger partial charge in [-0.1, -0.05) is 29.0 Å². The Hall–Kier alpha value is -3.44. The molecule has 0 radical (unpaired) electrons. The van der Waals surface area contributed by atoms with Gasteiger partial charge >= 0.3 is 0 Å². The van der Waals surface area contributed by atoms with Gasteiger partial charge in [0.2, 0.25) is 10.0 Å². The van der Waals surface area contributed by atoms with E-state index in [0.717, 1.165) is 28.8 Å². The van der Waals surface area contributed by atoms with Crippen molar-refractivity contribution in [1.29, 1.82) is 0 Å². The molecular weight excluding hydrogens is 471 g/mol. The molecule has 11 heteroatoms. The summed E-state index contributed by atoms with van der Waals surface area (Å²) in [5.41, 5.74) is 3.36. The zero-order valence-corrected chi connectivity index (χ0v) is 20.2. The molecule has 1 saturated heterocycles. The molecule has 2 aromatic carbocycles. The fraction of sp³-hybridized carbons (Fsp3) is 0.333. The van der Waals surface area contributed by atoms with E-state index < -0.39 is 21.4 Å². The lowest BCUT2D eigenvalue weighted by molar-refractivity contribution is 0.309. The Labute approximate surface area is 201 Å². The Balaban J connectivity index is 1.46. The number of hydrogen-bond acceptors (Lipinski definition) is 6. The van der Waals surface area contributed by atoms with Crippen LogP contribution in [0.5, 0.6) is 0 Å². The highest BCUT2D eigenvalue weighted by atomic mass is 32.2. The molecule has 182 valence electrons. The molecule has 5 rings (SSSR count). The lowest BCUT2D eigenvalue weighted by Gasteiger charge is -2.31. The quantitative estimate of drug-likeness (QED) is 0.455. The van der Waals surface area contributed by atoms with E-state index in [0.29, 0.717) is 37.4 Å². The molecule has 2 aromatic heterocycles. The smallest absolute Gasteiger partial charge is 0.281 e. The second-order valence-corrected chi connectivity index (χ2v) is 10.9. The van der Waals surface area contributed by atoms with Crippen molar-refractivity contribution in [3.63, 3.8) is 0 Å². The molecule has 4 aromatic rings. The van der Waals surface area contributed by atoms with Gasteiger partial charge in [-0.2, -0.15) is 4.31 Å². The minimum atomic E-state index is -3.80. The van der Waals surface area contributed by atoms with Crippen LogP contribution in [0.2, 0.25) is 0 Å². The summed E-state index contributed by atoms with van der Waals surface area (Å²) in [5, 5.41) is 8.18. The average Bonchev–Trinajstić information content (AvgIpc) is 3.25. The number of benzene rings is 2. The molecule has 0 aliphatic carbocycles. The highest BCUT2D eigenvalue weighted by molar-refractivity contribution is 7.89. The van der Waals surface area contributed by atoms with Crippen molar-refractivity contribution in [2.45, 2.75) is 44.0 Å². The minimum Gasteiger partial charge on any atom is -0.308 e. The van der Waals surface area contributed by atoms with Crippen molar-refractivity contribution in [3.05, 3.63) is 81.2 Å². The van der Waals surface area contributed by atoms with Gasteiger partial charge in [0, 0.05) is 19.0 Å². The first-order chi connectivity index (χ1) is 16.7. The third-order valence-electron chi connectivity index (χ3n) is 6.44. The van der Waals surface area contributed by atoms with Gasteiger partial charge in [0.05, 0.1) is 11.4 Å². The zero-order chi connectivity index (χ0) is 24.7. The van der Waals surface area contributed by atoms with Crippen LogP contribution < -0.4 is 5.56 Å². The third-order valence-corrected chi connectivity index (χ3v) is 8.32. The standard InChI is InChI=1S/C24H25FN6O3S/c1-15-5-6-16(2)18(12-15)14-31-23-21(28-29-31)24(32)27-22(26-23)17-4-3-11-30(13-17)35(33,34)20-9-7-19(25)8-10-20/h5-10,12,17H,3-4,11,13-14H2,1-2H3,(H,26,27,32)/t17-/m1/s1. The van der Waals surface area contributed by atoms with Gasteiger partial charge in [-0.25, -0.2) is 22.5 Å². The Kier molecular flexibility index (Phi) is 5.97. The van der Waals surface area contributed by atoms with E-state index in [-0.39, 0.29) is 22.9 Å². The Morgan fingerprint density at radius 2 is 1.91 bits per heavy atom. The molecule has 1 fully saturated rings. The second-order valence-electron chi connectivity index (χ2n) is 8.96. The molecule has 0 amide bonds. The molecule has 1 aliphatic rings. The van der Waals surface area contributed by atoms with E-state index in [1.165, 1.54) is 16.4 Å². The average molecular weight is 497 g/mol. The van der Waals surface area contributed by atoms with Crippen molar-refractivity contribution in [2.75, 3.05) is 13.1 Å². The van der Waals surface area contributed by atoms with Crippen molar-refractivity contribution in [1.82, 2.24) is 29.3 Å². The lowest BCUT2D eigenvalue weighted by atomic mass is 9.99. The summed E-state index contributed by atoms with van der Waals surface area (Å²) < 4.78 is 42.5. The van der Waals surface area contributed by atoms with Crippen LogP contribution in [0.1, 0.15) is 41.3 Å². The highest BCUT2D eigenvalue weighted by Gasteiger charge is 2.32. The first-order valence-corrected chi connectivity index (χ1v) is 12.8. The van der Waals surface area contributed by atoms with E-state index in [4.69, 9.17) is 0 Å². The predicted octanol–water partition coefficient (Wildman–Crippen LogP) is 2.89. The molecular formula is C24H25FN6O3S. The molecule has 35 heavy (non-hydrogen) atoms. The maximum Gasteiger partial charge on any atom is 0.281 e. The molecule has 0 unspecified atom stereocenters. The third kappa shape index (κ3) is 4.48. The summed E-state index contributed by atoms with van der Waals surface area (Å²) >= 11 is 0. The van der Waals surface area contributed by atoms with E-state index in [1.54, 1.807) is 4.68 Å². The van der Waals surface area contributed by atoms with Crippen LogP contribution in [-0.4, -0.2) is 50.8 Å².